The minimum Gasteiger partial charge on any atom is -0.344 e. The fourth-order valence-corrected chi connectivity index (χ4v) is 1.83. The minimum absolute atomic E-state index is 0.232. The van der Waals surface area contributed by atoms with Gasteiger partial charge in [-0.05, 0) is 36.8 Å². The molecule has 0 radical (unpaired) electrons. The largest absolute Gasteiger partial charge is 0.344 e. The molecule has 1 aromatic carbocycles. The van der Waals surface area contributed by atoms with Crippen molar-refractivity contribution in [1.29, 1.82) is 0 Å². The first-order valence-corrected chi connectivity index (χ1v) is 6.13. The van der Waals surface area contributed by atoms with Crippen LogP contribution < -0.4 is 5.32 Å². The molecule has 2 rings (SSSR count). The zero-order chi connectivity index (χ0) is 13.8. The molecule has 0 saturated heterocycles. The van der Waals surface area contributed by atoms with Gasteiger partial charge in [0.05, 0.1) is 6.04 Å². The molecular weight excluding hydrogens is 267 g/mol. The Labute approximate surface area is 115 Å². The Morgan fingerprint density at radius 2 is 2.05 bits per heavy atom. The molecule has 0 fully saturated rings. The molecule has 1 atom stereocenters. The van der Waals surface area contributed by atoms with Gasteiger partial charge in [-0.1, -0.05) is 29.8 Å². The first kappa shape index (κ1) is 13.5. The van der Waals surface area contributed by atoms with Crippen molar-refractivity contribution in [2.24, 2.45) is 0 Å². The Morgan fingerprint density at radius 3 is 2.74 bits per heavy atom. The summed E-state index contributed by atoms with van der Waals surface area (Å²) in [7, 11) is 0. The normalized spacial score (nSPS) is 11.9. The number of carbonyl (C=O) groups excluding carboxylic acids is 1. The summed E-state index contributed by atoms with van der Waals surface area (Å²) in [5.41, 5.74) is 0.922. The first-order chi connectivity index (χ1) is 9.06. The van der Waals surface area contributed by atoms with Crippen molar-refractivity contribution in [3.63, 3.8) is 0 Å². The Bertz CT molecular complexity index is 604. The van der Waals surface area contributed by atoms with Gasteiger partial charge in [-0.25, -0.2) is 9.37 Å². The highest BCUT2D eigenvalue weighted by molar-refractivity contribution is 6.29. The summed E-state index contributed by atoms with van der Waals surface area (Å²) >= 11 is 5.72. The average molecular weight is 279 g/mol. The molecule has 0 aliphatic heterocycles. The van der Waals surface area contributed by atoms with E-state index in [9.17, 15) is 9.18 Å². The van der Waals surface area contributed by atoms with Gasteiger partial charge in [0, 0.05) is 0 Å². The number of benzene rings is 1. The Kier molecular flexibility index (Phi) is 4.12. The molecule has 0 spiro atoms. The van der Waals surface area contributed by atoms with Crippen LogP contribution in [0.25, 0.3) is 0 Å². The number of hydrogen-bond acceptors (Lipinski definition) is 2. The smallest absolute Gasteiger partial charge is 0.270 e. The fraction of sp³-hybridized carbons (Fsp3) is 0.143. The van der Waals surface area contributed by atoms with Crippen LogP contribution >= 0.6 is 11.6 Å². The molecule has 0 aliphatic carbocycles. The second kappa shape index (κ2) is 5.80. The van der Waals surface area contributed by atoms with Crippen LogP contribution in [0.1, 0.15) is 29.0 Å². The third-order valence-electron chi connectivity index (χ3n) is 2.64. The van der Waals surface area contributed by atoms with E-state index in [0.717, 1.165) is 0 Å². The van der Waals surface area contributed by atoms with E-state index in [1.807, 2.05) is 0 Å². The number of nitrogens with zero attached hydrogens (tertiary/aromatic N) is 1. The van der Waals surface area contributed by atoms with Crippen LogP contribution in [0.4, 0.5) is 4.39 Å². The third-order valence-corrected chi connectivity index (χ3v) is 2.85. The van der Waals surface area contributed by atoms with Gasteiger partial charge in [-0.15, -0.1) is 0 Å². The van der Waals surface area contributed by atoms with Gasteiger partial charge in [0.1, 0.15) is 16.7 Å². The minimum atomic E-state index is -0.348. The van der Waals surface area contributed by atoms with Gasteiger partial charge in [-0.3, -0.25) is 4.79 Å². The van der Waals surface area contributed by atoms with Crippen LogP contribution in [0.3, 0.4) is 0 Å². The van der Waals surface area contributed by atoms with Crippen molar-refractivity contribution in [3.8, 4) is 0 Å². The maximum Gasteiger partial charge on any atom is 0.270 e. The van der Waals surface area contributed by atoms with Crippen molar-refractivity contribution in [3.05, 3.63) is 64.7 Å². The lowest BCUT2D eigenvalue weighted by molar-refractivity contribution is 0.0935. The lowest BCUT2D eigenvalue weighted by atomic mass is 10.1. The van der Waals surface area contributed by atoms with Crippen molar-refractivity contribution in [1.82, 2.24) is 10.3 Å². The van der Waals surface area contributed by atoms with E-state index in [-0.39, 0.29) is 28.6 Å². The summed E-state index contributed by atoms with van der Waals surface area (Å²) in [6, 6.07) is 10.6. The van der Waals surface area contributed by atoms with Crippen LogP contribution in [0.2, 0.25) is 5.15 Å². The Morgan fingerprint density at radius 1 is 1.32 bits per heavy atom. The van der Waals surface area contributed by atoms with E-state index in [1.165, 1.54) is 12.1 Å². The zero-order valence-corrected chi connectivity index (χ0v) is 11.0. The van der Waals surface area contributed by atoms with Crippen molar-refractivity contribution in [2.75, 3.05) is 0 Å². The van der Waals surface area contributed by atoms with Gasteiger partial charge in [0.25, 0.3) is 5.91 Å². The molecule has 0 saturated carbocycles. The zero-order valence-electron chi connectivity index (χ0n) is 10.2. The third kappa shape index (κ3) is 3.51. The molecule has 1 aromatic heterocycles. The van der Waals surface area contributed by atoms with Crippen molar-refractivity contribution in [2.45, 2.75) is 13.0 Å². The van der Waals surface area contributed by atoms with Crippen LogP contribution in [-0.4, -0.2) is 10.9 Å². The molecule has 3 nitrogen and oxygen atoms in total. The Balaban J connectivity index is 2.11. The number of carbonyl (C=O) groups is 1. The summed E-state index contributed by atoms with van der Waals surface area (Å²) in [4.78, 5) is 15.9. The van der Waals surface area contributed by atoms with Crippen molar-refractivity contribution < 1.29 is 9.18 Å². The summed E-state index contributed by atoms with van der Waals surface area (Å²) < 4.78 is 13.1. The molecule has 1 amide bonds. The van der Waals surface area contributed by atoms with Gasteiger partial charge < -0.3 is 5.32 Å². The molecule has 5 heteroatoms. The summed E-state index contributed by atoms with van der Waals surface area (Å²) in [6.07, 6.45) is 0. The number of amides is 1. The van der Waals surface area contributed by atoms with Crippen LogP contribution in [-0.2, 0) is 0 Å². The average Bonchev–Trinajstić information content (AvgIpc) is 2.38. The standard InChI is InChI=1S/C14H12ClFN2O/c1-9(10-4-2-5-11(16)8-10)17-14(19)12-6-3-7-13(15)18-12/h2-9H,1H3,(H,17,19). The summed E-state index contributed by atoms with van der Waals surface area (Å²) in [6.45, 7) is 1.78. The molecular formula is C14H12ClFN2O. The summed E-state index contributed by atoms with van der Waals surface area (Å²) in [5, 5.41) is 3.00. The SMILES string of the molecule is CC(NC(=O)c1cccc(Cl)n1)c1cccc(F)c1. The molecule has 1 heterocycles. The second-order valence-corrected chi connectivity index (χ2v) is 4.48. The van der Waals surface area contributed by atoms with Crippen LogP contribution in [0, 0.1) is 5.82 Å². The molecule has 98 valence electrons. The molecule has 0 aliphatic rings. The van der Waals surface area contributed by atoms with E-state index in [0.29, 0.717) is 5.56 Å². The van der Waals surface area contributed by atoms with Crippen LogP contribution in [0.5, 0.6) is 0 Å². The maximum atomic E-state index is 13.1. The fourth-order valence-electron chi connectivity index (χ4n) is 1.66. The monoisotopic (exact) mass is 278 g/mol. The van der Waals surface area contributed by atoms with E-state index >= 15 is 0 Å². The highest BCUT2D eigenvalue weighted by atomic mass is 35.5. The topological polar surface area (TPSA) is 42.0 Å². The molecule has 1 unspecified atom stereocenters. The Hall–Kier alpha value is -1.94. The lowest BCUT2D eigenvalue weighted by Crippen LogP contribution is -2.27. The maximum absolute atomic E-state index is 13.1. The molecule has 1 N–H and O–H groups in total. The van der Waals surface area contributed by atoms with Gasteiger partial charge in [0.15, 0.2) is 0 Å². The van der Waals surface area contributed by atoms with E-state index in [2.05, 4.69) is 10.3 Å². The van der Waals surface area contributed by atoms with Crippen molar-refractivity contribution >= 4 is 17.5 Å². The van der Waals surface area contributed by atoms with E-state index in [1.54, 1.807) is 37.3 Å². The second-order valence-electron chi connectivity index (χ2n) is 4.10. The molecule has 19 heavy (non-hydrogen) atoms. The number of rotatable bonds is 3. The van der Waals surface area contributed by atoms with Gasteiger partial charge in [-0.2, -0.15) is 0 Å². The number of nitrogens with one attached hydrogen (secondary N) is 1. The predicted molar refractivity (Wildman–Crippen MR) is 71.5 cm³/mol. The predicted octanol–water partition coefficient (Wildman–Crippen LogP) is 3.37. The highest BCUT2D eigenvalue weighted by Gasteiger charge is 2.13. The van der Waals surface area contributed by atoms with E-state index < -0.39 is 0 Å². The lowest BCUT2D eigenvalue weighted by Gasteiger charge is -2.14. The number of aromatic nitrogens is 1. The highest BCUT2D eigenvalue weighted by Crippen LogP contribution is 2.14. The first-order valence-electron chi connectivity index (χ1n) is 5.75. The summed E-state index contributed by atoms with van der Waals surface area (Å²) in [5.74, 6) is -0.682. The van der Waals surface area contributed by atoms with Gasteiger partial charge >= 0.3 is 0 Å². The number of hydrogen-bond donors (Lipinski definition) is 1. The molecule has 2 aromatic rings. The van der Waals surface area contributed by atoms with Gasteiger partial charge in [0.2, 0.25) is 0 Å². The van der Waals surface area contributed by atoms with Crippen LogP contribution in [0.15, 0.2) is 42.5 Å². The number of pyridine rings is 1. The van der Waals surface area contributed by atoms with E-state index in [4.69, 9.17) is 11.6 Å². The number of halogens is 2. The quantitative estimate of drug-likeness (QED) is 0.875. The molecule has 0 bridgehead atoms.